The minimum atomic E-state index is -0.296. The molecule has 1 aliphatic carbocycles. The van der Waals surface area contributed by atoms with Gasteiger partial charge in [-0.25, -0.2) is 0 Å². The van der Waals surface area contributed by atoms with Gasteiger partial charge in [-0.3, -0.25) is 4.68 Å². The first kappa shape index (κ1) is 9.71. The molecular weight excluding hydrogens is 176 g/mol. The summed E-state index contributed by atoms with van der Waals surface area (Å²) in [4.78, 5) is 0. The van der Waals surface area contributed by atoms with Gasteiger partial charge in [-0.1, -0.05) is 13.8 Å². The molecule has 1 aromatic rings. The van der Waals surface area contributed by atoms with E-state index in [1.807, 2.05) is 10.9 Å². The Morgan fingerprint density at radius 1 is 1.71 bits per heavy atom. The van der Waals surface area contributed by atoms with E-state index in [1.54, 1.807) is 6.20 Å². The van der Waals surface area contributed by atoms with Gasteiger partial charge in [0.1, 0.15) is 0 Å². The zero-order valence-corrected chi connectivity index (χ0v) is 8.85. The van der Waals surface area contributed by atoms with Crippen LogP contribution in [-0.2, 0) is 6.54 Å². The number of aryl methyl sites for hydroxylation is 1. The Kier molecular flexibility index (Phi) is 2.59. The molecule has 3 unspecified atom stereocenters. The molecule has 3 nitrogen and oxygen atoms in total. The summed E-state index contributed by atoms with van der Waals surface area (Å²) >= 11 is 0. The van der Waals surface area contributed by atoms with Crippen LogP contribution in [0.25, 0.3) is 0 Å². The molecule has 1 N–H and O–H groups in total. The van der Waals surface area contributed by atoms with E-state index in [0.29, 0.717) is 11.8 Å². The average Bonchev–Trinajstić information content (AvgIpc) is 2.71. The maximum absolute atomic E-state index is 9.96. The summed E-state index contributed by atoms with van der Waals surface area (Å²) in [7, 11) is 0. The number of aliphatic hydroxyl groups excluding tert-OH is 1. The standard InChI is InChI=1S/C11H18N2O/c1-3-4-13-7-9(6-12-13)11(14)10-5-8(10)2/h6-8,10-11,14H,3-5H2,1-2H3. The number of hydrogen-bond donors (Lipinski definition) is 1. The van der Waals surface area contributed by atoms with Crippen molar-refractivity contribution in [1.82, 2.24) is 9.78 Å². The third-order valence-electron chi connectivity index (χ3n) is 3.02. The molecule has 78 valence electrons. The molecule has 1 aliphatic rings. The van der Waals surface area contributed by atoms with Crippen LogP contribution in [0.2, 0.25) is 0 Å². The first-order valence-corrected chi connectivity index (χ1v) is 5.42. The first-order chi connectivity index (χ1) is 6.72. The van der Waals surface area contributed by atoms with Crippen molar-refractivity contribution in [3.63, 3.8) is 0 Å². The van der Waals surface area contributed by atoms with Crippen molar-refractivity contribution in [1.29, 1.82) is 0 Å². The van der Waals surface area contributed by atoms with E-state index in [2.05, 4.69) is 18.9 Å². The summed E-state index contributed by atoms with van der Waals surface area (Å²) in [5.74, 6) is 1.15. The first-order valence-electron chi connectivity index (χ1n) is 5.42. The second-order valence-corrected chi connectivity index (χ2v) is 4.36. The van der Waals surface area contributed by atoms with Crippen molar-refractivity contribution < 1.29 is 5.11 Å². The average molecular weight is 194 g/mol. The van der Waals surface area contributed by atoms with Gasteiger partial charge in [-0.15, -0.1) is 0 Å². The fourth-order valence-electron chi connectivity index (χ4n) is 1.92. The molecule has 0 spiro atoms. The van der Waals surface area contributed by atoms with Crippen molar-refractivity contribution in [2.45, 2.75) is 39.3 Å². The number of nitrogens with zero attached hydrogens (tertiary/aromatic N) is 2. The lowest BCUT2D eigenvalue weighted by molar-refractivity contribution is 0.148. The Hall–Kier alpha value is -0.830. The van der Waals surface area contributed by atoms with Gasteiger partial charge in [-0.05, 0) is 24.7 Å². The van der Waals surface area contributed by atoms with Crippen molar-refractivity contribution in [3.8, 4) is 0 Å². The van der Waals surface area contributed by atoms with E-state index < -0.39 is 0 Å². The van der Waals surface area contributed by atoms with Crippen LogP contribution in [0.5, 0.6) is 0 Å². The topological polar surface area (TPSA) is 38.0 Å². The van der Waals surface area contributed by atoms with E-state index in [-0.39, 0.29) is 6.10 Å². The van der Waals surface area contributed by atoms with E-state index in [4.69, 9.17) is 0 Å². The smallest absolute Gasteiger partial charge is 0.0851 e. The van der Waals surface area contributed by atoms with Gasteiger partial charge < -0.3 is 5.11 Å². The SMILES string of the molecule is CCCn1cc(C(O)C2CC2C)cn1. The number of rotatable bonds is 4. The Morgan fingerprint density at radius 3 is 3.00 bits per heavy atom. The van der Waals surface area contributed by atoms with E-state index >= 15 is 0 Å². The molecule has 1 aromatic heterocycles. The fraction of sp³-hybridized carbons (Fsp3) is 0.727. The predicted octanol–water partition coefficient (Wildman–Crippen LogP) is 1.98. The van der Waals surface area contributed by atoms with Gasteiger partial charge >= 0.3 is 0 Å². The van der Waals surface area contributed by atoms with Crippen molar-refractivity contribution >= 4 is 0 Å². The molecule has 1 fully saturated rings. The van der Waals surface area contributed by atoms with Crippen LogP contribution in [0.15, 0.2) is 12.4 Å². The lowest BCUT2D eigenvalue weighted by Gasteiger charge is -2.05. The zero-order valence-electron chi connectivity index (χ0n) is 8.85. The molecular formula is C11H18N2O. The second-order valence-electron chi connectivity index (χ2n) is 4.36. The van der Waals surface area contributed by atoms with Gasteiger partial charge in [0.2, 0.25) is 0 Å². The molecule has 0 saturated heterocycles. The fourth-order valence-corrected chi connectivity index (χ4v) is 1.92. The van der Waals surface area contributed by atoms with E-state index in [0.717, 1.165) is 24.9 Å². The van der Waals surface area contributed by atoms with Crippen LogP contribution in [-0.4, -0.2) is 14.9 Å². The largest absolute Gasteiger partial charge is 0.388 e. The van der Waals surface area contributed by atoms with E-state index in [9.17, 15) is 5.11 Å². The lowest BCUT2D eigenvalue weighted by Crippen LogP contribution is -2.00. The monoisotopic (exact) mass is 194 g/mol. The normalized spacial score (nSPS) is 27.6. The molecule has 3 atom stereocenters. The summed E-state index contributed by atoms with van der Waals surface area (Å²) in [6.07, 6.45) is 5.71. The summed E-state index contributed by atoms with van der Waals surface area (Å²) in [6.45, 7) is 5.25. The van der Waals surface area contributed by atoms with Crippen molar-refractivity contribution in [3.05, 3.63) is 18.0 Å². The molecule has 0 amide bonds. The highest BCUT2D eigenvalue weighted by Crippen LogP contribution is 2.46. The summed E-state index contributed by atoms with van der Waals surface area (Å²) < 4.78 is 1.91. The molecule has 1 heterocycles. The van der Waals surface area contributed by atoms with Crippen LogP contribution in [0.4, 0.5) is 0 Å². The molecule has 0 aromatic carbocycles. The van der Waals surface area contributed by atoms with Gasteiger partial charge in [0.25, 0.3) is 0 Å². The molecule has 2 rings (SSSR count). The molecule has 3 heteroatoms. The maximum Gasteiger partial charge on any atom is 0.0851 e. The van der Waals surface area contributed by atoms with Crippen LogP contribution >= 0.6 is 0 Å². The molecule has 0 radical (unpaired) electrons. The van der Waals surface area contributed by atoms with Crippen LogP contribution < -0.4 is 0 Å². The van der Waals surface area contributed by atoms with Crippen LogP contribution in [0.1, 0.15) is 38.4 Å². The highest BCUT2D eigenvalue weighted by atomic mass is 16.3. The minimum absolute atomic E-state index is 0.296. The highest BCUT2D eigenvalue weighted by Gasteiger charge is 2.39. The van der Waals surface area contributed by atoms with Gasteiger partial charge in [0, 0.05) is 18.3 Å². The molecule has 1 saturated carbocycles. The third-order valence-corrected chi connectivity index (χ3v) is 3.02. The molecule has 14 heavy (non-hydrogen) atoms. The van der Waals surface area contributed by atoms with Gasteiger partial charge in [0.05, 0.1) is 12.3 Å². The Bertz CT molecular complexity index is 308. The Balaban J connectivity index is 2.01. The lowest BCUT2D eigenvalue weighted by atomic mass is 10.1. The third kappa shape index (κ3) is 1.82. The van der Waals surface area contributed by atoms with Crippen molar-refractivity contribution in [2.24, 2.45) is 11.8 Å². The van der Waals surface area contributed by atoms with Crippen molar-refractivity contribution in [2.75, 3.05) is 0 Å². The summed E-state index contributed by atoms with van der Waals surface area (Å²) in [5.41, 5.74) is 0.979. The second kappa shape index (κ2) is 3.73. The zero-order chi connectivity index (χ0) is 10.1. The van der Waals surface area contributed by atoms with Gasteiger partial charge in [-0.2, -0.15) is 5.10 Å². The number of aromatic nitrogens is 2. The van der Waals surface area contributed by atoms with Crippen LogP contribution in [0, 0.1) is 11.8 Å². The Labute approximate surface area is 84.7 Å². The summed E-state index contributed by atoms with van der Waals surface area (Å²) in [5, 5.41) is 14.2. The quantitative estimate of drug-likeness (QED) is 0.796. The minimum Gasteiger partial charge on any atom is -0.388 e. The van der Waals surface area contributed by atoms with Crippen LogP contribution in [0.3, 0.4) is 0 Å². The maximum atomic E-state index is 9.96. The number of hydrogen-bond acceptors (Lipinski definition) is 2. The molecule has 0 aliphatic heterocycles. The highest BCUT2D eigenvalue weighted by molar-refractivity contribution is 5.12. The molecule has 0 bridgehead atoms. The van der Waals surface area contributed by atoms with Gasteiger partial charge in [0.15, 0.2) is 0 Å². The number of aliphatic hydroxyl groups is 1. The predicted molar refractivity (Wildman–Crippen MR) is 54.7 cm³/mol. The summed E-state index contributed by atoms with van der Waals surface area (Å²) in [6, 6.07) is 0. The Morgan fingerprint density at radius 2 is 2.43 bits per heavy atom. The van der Waals surface area contributed by atoms with E-state index in [1.165, 1.54) is 0 Å².